The van der Waals surface area contributed by atoms with Crippen LogP contribution in [-0.2, 0) is 23.7 Å². The number of likely N-dealkylation sites (N-methyl/N-ethyl adjacent to an activating group) is 1. The summed E-state index contributed by atoms with van der Waals surface area (Å²) in [4.78, 5) is 30.0. The zero-order chi connectivity index (χ0) is 33.3. The Morgan fingerprint density at radius 3 is 2.56 bits per heavy atom. The van der Waals surface area contributed by atoms with Crippen LogP contribution >= 0.6 is 0 Å². The van der Waals surface area contributed by atoms with E-state index < -0.39 is 36.0 Å². The molecule has 2 N–H and O–H groups in total. The van der Waals surface area contributed by atoms with Crippen LogP contribution in [0.3, 0.4) is 0 Å². The molecule has 2 fully saturated rings. The lowest BCUT2D eigenvalue weighted by Gasteiger charge is -2.38. The van der Waals surface area contributed by atoms with Crippen LogP contribution in [0.5, 0.6) is 0 Å². The summed E-state index contributed by atoms with van der Waals surface area (Å²) in [6.07, 6.45) is 9.28. The quantitative estimate of drug-likeness (QED) is 0.155. The van der Waals surface area contributed by atoms with E-state index in [9.17, 15) is 19.8 Å². The predicted octanol–water partition coefficient (Wildman–Crippen LogP) is 4.50. The standard InChI is InChI=1S/C35H58N2O8/c1-9-28(39)26(5)33-29(43-33)21-23(2)11-10-12-24(3)32-25(4)13-14-30(44-34(41)37-19-17-36(7)18-20-37)35(6,42-8)16-15-27(38)22-31(40)45-32/h10-14,23,25-30,32-33,38-39H,9,15-22H2,1-8H3/b11-10+,14-13+,24-12+/t23-,25-,26+,27-,28+,29+,30-,32+,33+,35-/m0/s1. The fourth-order valence-corrected chi connectivity index (χ4v) is 6.17. The van der Waals surface area contributed by atoms with Gasteiger partial charge in [-0.1, -0.05) is 52.0 Å². The molecule has 3 aliphatic heterocycles. The van der Waals surface area contributed by atoms with E-state index in [0.717, 1.165) is 31.5 Å². The molecule has 3 rings (SSSR count). The van der Waals surface area contributed by atoms with Crippen LogP contribution < -0.4 is 0 Å². The van der Waals surface area contributed by atoms with E-state index in [0.29, 0.717) is 19.5 Å². The SMILES string of the molecule is CC[C@@H](O)[C@@H](C)[C@H]1O[C@@H]1C[C@@H](C)/C=C/C=C(\C)[C@H]1OC(=O)C[C@@H](O)CC[C@](C)(OC)[C@@H](OC(=O)N2CCN(C)CC2)/C=C/[C@@H]1C. The number of methoxy groups -OCH3 is 1. The van der Waals surface area contributed by atoms with E-state index in [2.05, 4.69) is 17.9 Å². The Bertz CT molecular complexity index is 1050. The highest BCUT2D eigenvalue weighted by Crippen LogP contribution is 2.36. The first-order valence-electron chi connectivity index (χ1n) is 16.7. The second-order valence-electron chi connectivity index (χ2n) is 13.6. The molecule has 0 aromatic heterocycles. The minimum Gasteiger partial charge on any atom is -0.457 e. The van der Waals surface area contributed by atoms with Crippen molar-refractivity contribution in [1.82, 2.24) is 9.80 Å². The van der Waals surface area contributed by atoms with E-state index in [1.807, 2.05) is 66.0 Å². The van der Waals surface area contributed by atoms with E-state index in [1.165, 1.54) is 0 Å². The summed E-state index contributed by atoms with van der Waals surface area (Å²) < 4.78 is 23.7. The van der Waals surface area contributed by atoms with Gasteiger partial charge in [0, 0.05) is 45.1 Å². The number of cyclic esters (lactones) is 1. The van der Waals surface area contributed by atoms with Gasteiger partial charge in [0.2, 0.25) is 0 Å². The van der Waals surface area contributed by atoms with Gasteiger partial charge in [0.25, 0.3) is 0 Å². The van der Waals surface area contributed by atoms with Crippen LogP contribution in [0.15, 0.2) is 36.0 Å². The summed E-state index contributed by atoms with van der Waals surface area (Å²) in [5.74, 6) is -0.316. The van der Waals surface area contributed by atoms with Gasteiger partial charge in [-0.15, -0.1) is 0 Å². The maximum atomic E-state index is 13.2. The van der Waals surface area contributed by atoms with Crippen molar-refractivity contribution in [3.05, 3.63) is 36.0 Å². The Kier molecular flexibility index (Phi) is 14.1. The van der Waals surface area contributed by atoms with Crippen molar-refractivity contribution >= 4 is 12.1 Å². The number of carbonyl (C=O) groups is 2. The summed E-state index contributed by atoms with van der Waals surface area (Å²) in [5, 5.41) is 20.8. The minimum atomic E-state index is -0.917. The van der Waals surface area contributed by atoms with Gasteiger partial charge in [-0.2, -0.15) is 0 Å². The number of nitrogens with zero attached hydrogens (tertiary/aromatic N) is 2. The first-order chi connectivity index (χ1) is 21.3. The lowest BCUT2D eigenvalue weighted by atomic mass is 9.88. The molecule has 10 heteroatoms. The largest absolute Gasteiger partial charge is 0.457 e. The molecule has 0 radical (unpaired) electrons. The number of aliphatic hydroxyl groups excluding tert-OH is 2. The molecule has 0 unspecified atom stereocenters. The predicted molar refractivity (Wildman–Crippen MR) is 174 cm³/mol. The number of aliphatic hydroxyl groups is 2. The second-order valence-corrected chi connectivity index (χ2v) is 13.6. The summed E-state index contributed by atoms with van der Waals surface area (Å²) in [5.41, 5.74) is -0.0467. The van der Waals surface area contributed by atoms with Gasteiger partial charge >= 0.3 is 12.1 Å². The van der Waals surface area contributed by atoms with Crippen LogP contribution in [0, 0.1) is 17.8 Å². The Balaban J connectivity index is 1.74. The third-order valence-electron chi connectivity index (χ3n) is 9.78. The number of epoxide rings is 1. The van der Waals surface area contributed by atoms with Crippen molar-refractivity contribution in [3.63, 3.8) is 0 Å². The molecule has 10 nitrogen and oxygen atoms in total. The fraction of sp³-hybridized carbons (Fsp3) is 0.771. The van der Waals surface area contributed by atoms with E-state index >= 15 is 0 Å². The van der Waals surface area contributed by atoms with Crippen LogP contribution in [0.4, 0.5) is 4.79 Å². The monoisotopic (exact) mass is 634 g/mol. The lowest BCUT2D eigenvalue weighted by molar-refractivity contribution is -0.151. The number of hydrogen-bond acceptors (Lipinski definition) is 9. The molecule has 10 atom stereocenters. The van der Waals surface area contributed by atoms with Gasteiger partial charge in [0.1, 0.15) is 11.7 Å². The van der Waals surface area contributed by atoms with Gasteiger partial charge in [0.15, 0.2) is 6.10 Å². The molecule has 0 spiro atoms. The molecule has 0 aromatic carbocycles. The van der Waals surface area contributed by atoms with Crippen molar-refractivity contribution in [3.8, 4) is 0 Å². The summed E-state index contributed by atoms with van der Waals surface area (Å²) >= 11 is 0. The summed E-state index contributed by atoms with van der Waals surface area (Å²) in [6.45, 7) is 14.7. The maximum absolute atomic E-state index is 13.2. The Morgan fingerprint density at radius 2 is 1.91 bits per heavy atom. The molecule has 0 aromatic rings. The molecule has 3 heterocycles. The average molecular weight is 635 g/mol. The van der Waals surface area contributed by atoms with Crippen molar-refractivity contribution in [2.24, 2.45) is 17.8 Å². The van der Waals surface area contributed by atoms with Gasteiger partial charge in [0.05, 0.1) is 30.8 Å². The zero-order valence-corrected chi connectivity index (χ0v) is 28.7. The Morgan fingerprint density at radius 1 is 1.22 bits per heavy atom. The molecule has 3 aliphatic rings. The Labute approximate surface area is 270 Å². The van der Waals surface area contributed by atoms with Crippen molar-refractivity contribution in [1.29, 1.82) is 0 Å². The van der Waals surface area contributed by atoms with Crippen LogP contribution in [0.2, 0.25) is 0 Å². The number of allylic oxidation sites excluding steroid dienone is 3. The number of amides is 1. The maximum Gasteiger partial charge on any atom is 0.410 e. The van der Waals surface area contributed by atoms with Crippen molar-refractivity contribution < 1.29 is 38.7 Å². The zero-order valence-electron chi connectivity index (χ0n) is 28.7. The van der Waals surface area contributed by atoms with Gasteiger partial charge < -0.3 is 39.0 Å². The van der Waals surface area contributed by atoms with Crippen LogP contribution in [0.25, 0.3) is 0 Å². The van der Waals surface area contributed by atoms with Crippen LogP contribution in [0.1, 0.15) is 73.6 Å². The van der Waals surface area contributed by atoms with E-state index in [1.54, 1.807) is 12.0 Å². The van der Waals surface area contributed by atoms with Crippen LogP contribution in [-0.4, -0.2) is 115 Å². The summed E-state index contributed by atoms with van der Waals surface area (Å²) in [7, 11) is 3.61. The summed E-state index contributed by atoms with van der Waals surface area (Å²) in [6, 6.07) is 0. The molecule has 256 valence electrons. The van der Waals surface area contributed by atoms with Gasteiger partial charge in [-0.3, -0.25) is 4.79 Å². The minimum absolute atomic E-state index is 0.108. The third-order valence-corrected chi connectivity index (χ3v) is 9.78. The fourth-order valence-electron chi connectivity index (χ4n) is 6.17. The highest BCUT2D eigenvalue weighted by molar-refractivity contribution is 5.70. The number of piperazine rings is 1. The number of ether oxygens (including phenoxy) is 4. The van der Waals surface area contributed by atoms with E-state index in [-0.39, 0.29) is 48.9 Å². The number of esters is 1. The highest BCUT2D eigenvalue weighted by atomic mass is 16.6. The lowest BCUT2D eigenvalue weighted by Crippen LogP contribution is -2.50. The van der Waals surface area contributed by atoms with E-state index in [4.69, 9.17) is 18.9 Å². The molecule has 1 amide bonds. The topological polar surface area (TPSA) is 121 Å². The molecule has 2 saturated heterocycles. The molecule has 45 heavy (non-hydrogen) atoms. The molecule has 0 aliphatic carbocycles. The van der Waals surface area contributed by atoms with Gasteiger partial charge in [-0.25, -0.2) is 4.79 Å². The molecular formula is C35H58N2O8. The molecular weight excluding hydrogens is 576 g/mol. The number of rotatable bonds is 10. The molecule has 0 bridgehead atoms. The first-order valence-corrected chi connectivity index (χ1v) is 16.7. The third kappa shape index (κ3) is 10.9. The number of carbonyl (C=O) groups excluding carboxylic acids is 2. The molecule has 0 saturated carbocycles. The smallest absolute Gasteiger partial charge is 0.410 e. The average Bonchev–Trinajstić information content (AvgIpc) is 3.77. The van der Waals surface area contributed by atoms with Gasteiger partial charge in [-0.05, 0) is 64.1 Å². The highest BCUT2D eigenvalue weighted by Gasteiger charge is 2.45. The normalized spacial score (nSPS) is 35.1. The Hall–Kier alpha value is -2.24. The number of hydrogen-bond donors (Lipinski definition) is 2. The van der Waals surface area contributed by atoms with Crippen molar-refractivity contribution in [2.45, 2.75) is 116 Å². The van der Waals surface area contributed by atoms with Crippen molar-refractivity contribution in [2.75, 3.05) is 40.3 Å². The second kappa shape index (κ2) is 17.1. The first kappa shape index (κ1) is 37.2.